The topological polar surface area (TPSA) is 37.4 Å². The molecule has 3 aromatic carbocycles. The van der Waals surface area contributed by atoms with E-state index in [0.29, 0.717) is 23.0 Å². The van der Waals surface area contributed by atoms with Crippen molar-refractivity contribution in [1.29, 1.82) is 0 Å². The molecule has 0 spiro atoms. The summed E-state index contributed by atoms with van der Waals surface area (Å²) in [6.45, 7) is 0.949. The molecule has 2 atom stereocenters. The molecule has 1 fully saturated rings. The molecule has 0 amide bonds. The van der Waals surface area contributed by atoms with Crippen LogP contribution in [0.5, 0.6) is 0 Å². The minimum absolute atomic E-state index is 0.0494. The van der Waals surface area contributed by atoms with E-state index < -0.39 is 10.0 Å². The molecule has 4 rings (SSSR count). The fraction of sp³-hybridized carbons (Fsp3) is 0.217. The fourth-order valence-corrected chi connectivity index (χ4v) is 5.76. The van der Waals surface area contributed by atoms with Gasteiger partial charge in [0.05, 0.1) is 4.90 Å². The van der Waals surface area contributed by atoms with Gasteiger partial charge in [0.25, 0.3) is 0 Å². The molecule has 5 heteroatoms. The van der Waals surface area contributed by atoms with Crippen molar-refractivity contribution in [3.8, 4) is 0 Å². The van der Waals surface area contributed by atoms with Gasteiger partial charge in [-0.2, -0.15) is 4.31 Å². The molecule has 1 aliphatic heterocycles. The number of halogens is 1. The third kappa shape index (κ3) is 3.86. The maximum absolute atomic E-state index is 13.2. The van der Waals surface area contributed by atoms with E-state index in [-0.39, 0.29) is 11.8 Å². The molecule has 28 heavy (non-hydrogen) atoms. The first-order chi connectivity index (χ1) is 13.6. The van der Waals surface area contributed by atoms with Gasteiger partial charge in [0.1, 0.15) is 0 Å². The van der Waals surface area contributed by atoms with Crippen LogP contribution in [0.15, 0.2) is 89.8 Å². The number of piperidine rings is 1. The zero-order valence-electron chi connectivity index (χ0n) is 15.4. The minimum atomic E-state index is -3.52. The lowest BCUT2D eigenvalue weighted by Crippen LogP contribution is -2.42. The predicted octanol–water partition coefficient (Wildman–Crippen LogP) is 5.30. The number of benzene rings is 3. The normalized spacial score (nSPS) is 20.8. The number of sulfonamides is 1. The molecule has 0 unspecified atom stereocenters. The Kier molecular flexibility index (Phi) is 5.54. The molecule has 3 nitrogen and oxygen atoms in total. The van der Waals surface area contributed by atoms with E-state index in [1.54, 1.807) is 28.6 Å². The standard InChI is InChI=1S/C23H22ClNO2S/c24-20-11-7-10-19(16-20)23-17-25(28(26,27)21-12-5-2-6-13-21)15-14-22(23)18-8-3-1-4-9-18/h1-13,16,22-23H,14-15,17H2/t22-,23+/m1/s1. The van der Waals surface area contributed by atoms with Gasteiger partial charge in [0, 0.05) is 24.0 Å². The summed E-state index contributed by atoms with van der Waals surface area (Å²) in [5.74, 6) is 0.301. The maximum Gasteiger partial charge on any atom is 0.243 e. The average molecular weight is 412 g/mol. The summed E-state index contributed by atoms with van der Waals surface area (Å²) in [6, 6.07) is 26.8. The number of hydrogen-bond donors (Lipinski definition) is 0. The van der Waals surface area contributed by atoms with E-state index in [2.05, 4.69) is 12.1 Å². The molecule has 0 radical (unpaired) electrons. The van der Waals surface area contributed by atoms with Gasteiger partial charge in [-0.3, -0.25) is 0 Å². The molecule has 0 N–H and O–H groups in total. The monoisotopic (exact) mass is 411 g/mol. The first-order valence-corrected chi connectivity index (χ1v) is 11.2. The van der Waals surface area contributed by atoms with Crippen LogP contribution in [0.4, 0.5) is 0 Å². The summed E-state index contributed by atoms with van der Waals surface area (Å²) in [6.07, 6.45) is 0.771. The zero-order chi connectivity index (χ0) is 19.6. The van der Waals surface area contributed by atoms with Crippen molar-refractivity contribution >= 4 is 21.6 Å². The van der Waals surface area contributed by atoms with Crippen molar-refractivity contribution in [1.82, 2.24) is 4.31 Å². The summed E-state index contributed by atoms with van der Waals surface area (Å²) in [7, 11) is -3.52. The van der Waals surface area contributed by atoms with Crippen LogP contribution in [-0.2, 0) is 10.0 Å². The number of hydrogen-bond acceptors (Lipinski definition) is 2. The van der Waals surface area contributed by atoms with Crippen LogP contribution in [0.3, 0.4) is 0 Å². The molecule has 3 aromatic rings. The highest BCUT2D eigenvalue weighted by molar-refractivity contribution is 7.89. The molecule has 1 saturated heterocycles. The molecule has 1 heterocycles. The zero-order valence-corrected chi connectivity index (χ0v) is 17.0. The SMILES string of the molecule is O=S(=O)(c1ccccc1)N1CC[C@H](c2ccccc2)[C@H](c2cccc(Cl)c2)C1. The van der Waals surface area contributed by atoms with E-state index >= 15 is 0 Å². The molecular formula is C23H22ClNO2S. The van der Waals surface area contributed by atoms with Gasteiger partial charge in [-0.05, 0) is 47.7 Å². The summed E-state index contributed by atoms with van der Waals surface area (Å²) >= 11 is 6.25. The molecule has 0 aromatic heterocycles. The van der Waals surface area contributed by atoms with Gasteiger partial charge in [-0.1, -0.05) is 72.3 Å². The van der Waals surface area contributed by atoms with Crippen LogP contribution in [0.1, 0.15) is 29.4 Å². The fourth-order valence-electron chi connectivity index (χ4n) is 4.06. The van der Waals surface area contributed by atoms with Crippen molar-refractivity contribution in [2.24, 2.45) is 0 Å². The summed E-state index contributed by atoms with van der Waals surface area (Å²) in [5, 5.41) is 0.673. The largest absolute Gasteiger partial charge is 0.243 e. The summed E-state index contributed by atoms with van der Waals surface area (Å²) in [5.41, 5.74) is 2.32. The van der Waals surface area contributed by atoms with Crippen molar-refractivity contribution in [3.05, 3.63) is 101 Å². The van der Waals surface area contributed by atoms with E-state index in [4.69, 9.17) is 11.6 Å². The average Bonchev–Trinajstić information content (AvgIpc) is 2.74. The molecule has 1 aliphatic rings. The Morgan fingerprint density at radius 3 is 2.11 bits per heavy atom. The number of rotatable bonds is 4. The Morgan fingerprint density at radius 1 is 0.786 bits per heavy atom. The highest BCUT2D eigenvalue weighted by Gasteiger charge is 2.37. The highest BCUT2D eigenvalue weighted by Crippen LogP contribution is 2.41. The van der Waals surface area contributed by atoms with Crippen LogP contribution in [0.2, 0.25) is 5.02 Å². The maximum atomic E-state index is 13.2. The minimum Gasteiger partial charge on any atom is -0.207 e. The van der Waals surface area contributed by atoms with Crippen LogP contribution in [0.25, 0.3) is 0 Å². The Bertz CT molecular complexity index is 1040. The van der Waals surface area contributed by atoms with Gasteiger partial charge in [0.15, 0.2) is 0 Å². The van der Waals surface area contributed by atoms with Crippen LogP contribution >= 0.6 is 11.6 Å². The second-order valence-corrected chi connectivity index (χ2v) is 9.52. The Labute approximate surface area is 171 Å². The van der Waals surface area contributed by atoms with Gasteiger partial charge >= 0.3 is 0 Å². The smallest absolute Gasteiger partial charge is 0.207 e. The van der Waals surface area contributed by atoms with E-state index in [1.165, 1.54) is 5.56 Å². The van der Waals surface area contributed by atoms with Crippen molar-refractivity contribution in [2.45, 2.75) is 23.2 Å². The quantitative estimate of drug-likeness (QED) is 0.584. The van der Waals surface area contributed by atoms with Gasteiger partial charge < -0.3 is 0 Å². The van der Waals surface area contributed by atoms with Crippen LogP contribution < -0.4 is 0 Å². The molecule has 0 aliphatic carbocycles. The molecular weight excluding hydrogens is 390 g/mol. The lowest BCUT2D eigenvalue weighted by Gasteiger charge is -2.38. The lowest BCUT2D eigenvalue weighted by molar-refractivity contribution is 0.285. The molecule has 0 bridgehead atoms. The van der Waals surface area contributed by atoms with Crippen LogP contribution in [-0.4, -0.2) is 25.8 Å². The highest BCUT2D eigenvalue weighted by atomic mass is 35.5. The lowest BCUT2D eigenvalue weighted by atomic mass is 9.77. The summed E-state index contributed by atoms with van der Waals surface area (Å²) < 4.78 is 28.0. The number of nitrogens with zero attached hydrogens (tertiary/aromatic N) is 1. The molecule has 0 saturated carbocycles. The third-order valence-electron chi connectivity index (χ3n) is 5.46. The Morgan fingerprint density at radius 2 is 1.43 bits per heavy atom. The Balaban J connectivity index is 1.71. The van der Waals surface area contributed by atoms with Crippen molar-refractivity contribution in [3.63, 3.8) is 0 Å². The van der Waals surface area contributed by atoms with Crippen molar-refractivity contribution in [2.75, 3.05) is 13.1 Å². The van der Waals surface area contributed by atoms with Crippen LogP contribution in [0, 0.1) is 0 Å². The van der Waals surface area contributed by atoms with E-state index in [9.17, 15) is 8.42 Å². The first kappa shape index (κ1) is 19.2. The van der Waals surface area contributed by atoms with Gasteiger partial charge in [0.2, 0.25) is 10.0 Å². The predicted molar refractivity (Wildman–Crippen MR) is 113 cm³/mol. The second-order valence-electron chi connectivity index (χ2n) is 7.14. The van der Waals surface area contributed by atoms with Crippen molar-refractivity contribution < 1.29 is 8.42 Å². The van der Waals surface area contributed by atoms with Gasteiger partial charge in [-0.25, -0.2) is 8.42 Å². The summed E-state index contributed by atoms with van der Waals surface area (Å²) in [4.78, 5) is 0.345. The van der Waals surface area contributed by atoms with E-state index in [1.807, 2.05) is 48.5 Å². The first-order valence-electron chi connectivity index (χ1n) is 9.41. The molecule has 144 valence electrons. The van der Waals surface area contributed by atoms with E-state index in [0.717, 1.165) is 12.0 Å². The Hall–Kier alpha value is -2.14. The second kappa shape index (κ2) is 8.08. The van der Waals surface area contributed by atoms with Gasteiger partial charge in [-0.15, -0.1) is 0 Å². The third-order valence-corrected chi connectivity index (χ3v) is 7.58.